The standard InChI is InChI=1S/C18H25N3O4S/c1-2-8-26-9-5-19-18(23)21-7-6-20(17(22)12-21)11-14-3-4-15-16(10-14)25-13-24-15/h3-4,10H,2,5-9,11-13H2,1H3,(H,19,23). The summed E-state index contributed by atoms with van der Waals surface area (Å²) in [4.78, 5) is 27.9. The molecule has 0 spiro atoms. The van der Waals surface area contributed by atoms with E-state index in [0.29, 0.717) is 31.9 Å². The second-order valence-electron chi connectivity index (χ2n) is 6.27. The molecule has 8 heteroatoms. The number of fused-ring (bicyclic) bond motifs is 1. The first-order chi connectivity index (χ1) is 12.7. The number of thioether (sulfide) groups is 1. The molecule has 1 N–H and O–H groups in total. The fraction of sp³-hybridized carbons (Fsp3) is 0.556. The Balaban J connectivity index is 1.44. The molecule has 1 fully saturated rings. The first-order valence-electron chi connectivity index (χ1n) is 8.94. The fourth-order valence-electron chi connectivity index (χ4n) is 2.90. The second kappa shape index (κ2) is 9.02. The molecular formula is C18H25N3O4S. The van der Waals surface area contributed by atoms with Crippen LogP contribution in [0.1, 0.15) is 18.9 Å². The van der Waals surface area contributed by atoms with Gasteiger partial charge in [0.25, 0.3) is 0 Å². The molecule has 2 aliphatic rings. The molecule has 0 bridgehead atoms. The Hall–Kier alpha value is -2.09. The number of nitrogens with zero attached hydrogens (tertiary/aromatic N) is 2. The highest BCUT2D eigenvalue weighted by atomic mass is 32.2. The van der Waals surface area contributed by atoms with Crippen LogP contribution in [0, 0.1) is 0 Å². The Morgan fingerprint density at radius 2 is 2.08 bits per heavy atom. The molecule has 1 aromatic rings. The van der Waals surface area contributed by atoms with E-state index in [0.717, 1.165) is 29.2 Å². The first-order valence-corrected chi connectivity index (χ1v) is 10.1. The van der Waals surface area contributed by atoms with Crippen LogP contribution >= 0.6 is 11.8 Å². The van der Waals surface area contributed by atoms with Gasteiger partial charge in [0.2, 0.25) is 12.7 Å². The van der Waals surface area contributed by atoms with E-state index in [1.165, 1.54) is 0 Å². The van der Waals surface area contributed by atoms with E-state index in [2.05, 4.69) is 12.2 Å². The average molecular weight is 379 g/mol. The molecular weight excluding hydrogens is 354 g/mol. The summed E-state index contributed by atoms with van der Waals surface area (Å²) in [5.74, 6) is 3.42. The number of rotatable bonds is 7. The molecule has 0 radical (unpaired) electrons. The summed E-state index contributed by atoms with van der Waals surface area (Å²) < 4.78 is 10.7. The maximum atomic E-state index is 12.4. The van der Waals surface area contributed by atoms with Crippen molar-refractivity contribution in [3.63, 3.8) is 0 Å². The number of urea groups is 1. The highest BCUT2D eigenvalue weighted by Crippen LogP contribution is 2.32. The van der Waals surface area contributed by atoms with Gasteiger partial charge in [-0.15, -0.1) is 0 Å². The van der Waals surface area contributed by atoms with Crippen molar-refractivity contribution in [2.75, 3.05) is 44.5 Å². The second-order valence-corrected chi connectivity index (χ2v) is 7.49. The number of carbonyl (C=O) groups excluding carboxylic acids is 2. The van der Waals surface area contributed by atoms with Gasteiger partial charge in [0.15, 0.2) is 11.5 Å². The number of benzene rings is 1. The van der Waals surface area contributed by atoms with E-state index >= 15 is 0 Å². The number of carbonyl (C=O) groups is 2. The van der Waals surface area contributed by atoms with Gasteiger partial charge in [-0.25, -0.2) is 4.79 Å². The molecule has 0 atom stereocenters. The zero-order chi connectivity index (χ0) is 18.4. The minimum atomic E-state index is -0.154. The highest BCUT2D eigenvalue weighted by molar-refractivity contribution is 7.99. The summed E-state index contributed by atoms with van der Waals surface area (Å²) in [6.07, 6.45) is 1.14. The van der Waals surface area contributed by atoms with Crippen molar-refractivity contribution in [3.8, 4) is 11.5 Å². The molecule has 2 aliphatic heterocycles. The molecule has 0 unspecified atom stereocenters. The maximum Gasteiger partial charge on any atom is 0.317 e. The summed E-state index contributed by atoms with van der Waals surface area (Å²) in [6.45, 7) is 4.73. The largest absolute Gasteiger partial charge is 0.454 e. The van der Waals surface area contributed by atoms with Crippen molar-refractivity contribution in [3.05, 3.63) is 23.8 Å². The number of hydrogen-bond donors (Lipinski definition) is 1. The van der Waals surface area contributed by atoms with Gasteiger partial charge in [-0.1, -0.05) is 13.0 Å². The Morgan fingerprint density at radius 3 is 2.88 bits per heavy atom. The van der Waals surface area contributed by atoms with Crippen LogP contribution in [0.15, 0.2) is 18.2 Å². The molecule has 142 valence electrons. The average Bonchev–Trinajstić information content (AvgIpc) is 3.11. The number of hydrogen-bond acceptors (Lipinski definition) is 5. The van der Waals surface area contributed by atoms with Gasteiger partial charge in [0.1, 0.15) is 6.54 Å². The van der Waals surface area contributed by atoms with Gasteiger partial charge in [-0.3, -0.25) is 4.79 Å². The quantitative estimate of drug-likeness (QED) is 0.733. The van der Waals surface area contributed by atoms with Crippen LogP contribution in [0.5, 0.6) is 11.5 Å². The zero-order valence-corrected chi connectivity index (χ0v) is 15.8. The Bertz CT molecular complexity index is 655. The summed E-state index contributed by atoms with van der Waals surface area (Å²) >= 11 is 1.82. The summed E-state index contributed by atoms with van der Waals surface area (Å²) in [5.41, 5.74) is 0.994. The van der Waals surface area contributed by atoms with Gasteiger partial charge < -0.3 is 24.6 Å². The number of nitrogens with one attached hydrogen (secondary N) is 1. The van der Waals surface area contributed by atoms with Crippen molar-refractivity contribution in [2.45, 2.75) is 19.9 Å². The van der Waals surface area contributed by atoms with Gasteiger partial charge in [-0.05, 0) is 29.9 Å². The number of amides is 3. The van der Waals surface area contributed by atoms with E-state index in [4.69, 9.17) is 9.47 Å². The fourth-order valence-corrected chi connectivity index (χ4v) is 3.64. The third kappa shape index (κ3) is 4.75. The van der Waals surface area contributed by atoms with Crippen LogP contribution in [0.25, 0.3) is 0 Å². The number of piperazine rings is 1. The van der Waals surface area contributed by atoms with Crippen LogP contribution < -0.4 is 14.8 Å². The number of ether oxygens (including phenoxy) is 2. The van der Waals surface area contributed by atoms with Crippen LogP contribution in [0.2, 0.25) is 0 Å². The molecule has 0 aliphatic carbocycles. The maximum absolute atomic E-state index is 12.4. The third-order valence-corrected chi connectivity index (χ3v) is 5.48. The van der Waals surface area contributed by atoms with Gasteiger partial charge >= 0.3 is 6.03 Å². The first kappa shape index (κ1) is 18.7. The van der Waals surface area contributed by atoms with E-state index in [9.17, 15) is 9.59 Å². The SMILES string of the molecule is CCCSCCNC(=O)N1CCN(Cc2ccc3c(c2)OCO3)C(=O)C1. The Kier molecular flexibility index (Phi) is 6.49. The van der Waals surface area contributed by atoms with E-state index in [1.807, 2.05) is 30.0 Å². The Labute approximate surface area is 158 Å². The van der Waals surface area contributed by atoms with E-state index < -0.39 is 0 Å². The molecule has 1 saturated heterocycles. The third-order valence-electron chi connectivity index (χ3n) is 4.29. The lowest BCUT2D eigenvalue weighted by Gasteiger charge is -2.34. The zero-order valence-electron chi connectivity index (χ0n) is 15.0. The predicted octanol–water partition coefficient (Wildman–Crippen LogP) is 1.91. The van der Waals surface area contributed by atoms with Crippen LogP contribution in [-0.4, -0.2) is 66.2 Å². The molecule has 0 saturated carbocycles. The smallest absolute Gasteiger partial charge is 0.317 e. The molecule has 3 amide bonds. The van der Waals surface area contributed by atoms with Crippen molar-refractivity contribution in [1.29, 1.82) is 0 Å². The lowest BCUT2D eigenvalue weighted by molar-refractivity contribution is -0.135. The molecule has 2 heterocycles. The normalized spacial score (nSPS) is 16.1. The topological polar surface area (TPSA) is 71.1 Å². The lowest BCUT2D eigenvalue weighted by Crippen LogP contribution is -2.54. The minimum absolute atomic E-state index is 0.0376. The van der Waals surface area contributed by atoms with E-state index in [1.54, 1.807) is 9.80 Å². The lowest BCUT2D eigenvalue weighted by atomic mass is 10.1. The summed E-state index contributed by atoms with van der Waals surface area (Å²) in [7, 11) is 0. The van der Waals surface area contributed by atoms with Gasteiger partial charge in [0, 0.05) is 31.9 Å². The van der Waals surface area contributed by atoms with Crippen LogP contribution in [-0.2, 0) is 11.3 Å². The van der Waals surface area contributed by atoms with Gasteiger partial charge in [0.05, 0.1) is 0 Å². The molecule has 0 aromatic heterocycles. The monoisotopic (exact) mass is 379 g/mol. The van der Waals surface area contributed by atoms with Crippen molar-refractivity contribution in [2.24, 2.45) is 0 Å². The van der Waals surface area contributed by atoms with Crippen LogP contribution in [0.3, 0.4) is 0 Å². The minimum Gasteiger partial charge on any atom is -0.454 e. The van der Waals surface area contributed by atoms with Crippen LogP contribution in [0.4, 0.5) is 4.79 Å². The summed E-state index contributed by atoms with van der Waals surface area (Å²) in [5, 5.41) is 2.89. The Morgan fingerprint density at radius 1 is 1.23 bits per heavy atom. The van der Waals surface area contributed by atoms with Crippen molar-refractivity contribution in [1.82, 2.24) is 15.1 Å². The predicted molar refractivity (Wildman–Crippen MR) is 101 cm³/mol. The molecule has 7 nitrogen and oxygen atoms in total. The van der Waals surface area contributed by atoms with Crippen molar-refractivity contribution >= 4 is 23.7 Å². The molecule has 3 rings (SSSR count). The molecule has 1 aromatic carbocycles. The summed E-state index contributed by atoms with van der Waals surface area (Å²) in [6, 6.07) is 5.55. The van der Waals surface area contributed by atoms with Crippen molar-refractivity contribution < 1.29 is 19.1 Å². The van der Waals surface area contributed by atoms with Gasteiger partial charge in [-0.2, -0.15) is 11.8 Å². The molecule has 26 heavy (non-hydrogen) atoms. The van der Waals surface area contributed by atoms with E-state index in [-0.39, 0.29) is 25.3 Å². The highest BCUT2D eigenvalue weighted by Gasteiger charge is 2.27.